The Morgan fingerprint density at radius 3 is 2.89 bits per heavy atom. The van der Waals surface area contributed by atoms with Crippen molar-refractivity contribution in [3.05, 3.63) is 34.3 Å². The van der Waals surface area contributed by atoms with Gasteiger partial charge in [0.25, 0.3) is 0 Å². The van der Waals surface area contributed by atoms with Crippen molar-refractivity contribution in [2.45, 2.75) is 38.3 Å². The summed E-state index contributed by atoms with van der Waals surface area (Å²) in [6.07, 6.45) is 2.65. The molecule has 3 nitrogen and oxygen atoms in total. The van der Waals surface area contributed by atoms with Gasteiger partial charge in [0.1, 0.15) is 0 Å². The smallest absolute Gasteiger partial charge is 0.0992 e. The van der Waals surface area contributed by atoms with Crippen LogP contribution in [-0.2, 0) is 6.54 Å². The molecule has 102 valence electrons. The van der Waals surface area contributed by atoms with Crippen LogP contribution in [0.3, 0.4) is 0 Å². The van der Waals surface area contributed by atoms with Gasteiger partial charge in [0.15, 0.2) is 0 Å². The normalized spacial score (nSPS) is 24.7. The van der Waals surface area contributed by atoms with Crippen LogP contribution in [0.5, 0.6) is 0 Å². The van der Waals surface area contributed by atoms with E-state index in [1.165, 1.54) is 0 Å². The van der Waals surface area contributed by atoms with Gasteiger partial charge >= 0.3 is 0 Å². The summed E-state index contributed by atoms with van der Waals surface area (Å²) in [6.45, 7) is 4.54. The number of halogens is 1. The van der Waals surface area contributed by atoms with E-state index in [-0.39, 0.29) is 0 Å². The molecule has 1 aliphatic rings. The molecule has 0 aliphatic carbocycles. The highest BCUT2D eigenvalue weighted by Crippen LogP contribution is 2.24. The number of likely N-dealkylation sites (tertiary alicyclic amines) is 1. The molecule has 0 spiro atoms. The zero-order valence-corrected chi connectivity index (χ0v) is 12.0. The summed E-state index contributed by atoms with van der Waals surface area (Å²) in [5.74, 6) is 0. The fourth-order valence-corrected chi connectivity index (χ4v) is 2.70. The second kappa shape index (κ2) is 5.92. The maximum atomic E-state index is 10.1. The second-order valence-electron chi connectivity index (χ2n) is 5.54. The summed E-state index contributed by atoms with van der Waals surface area (Å²) in [6, 6.07) is 7.52. The molecule has 1 fully saturated rings. The lowest BCUT2D eigenvalue weighted by molar-refractivity contribution is 0.0444. The maximum absolute atomic E-state index is 10.1. The van der Waals surface area contributed by atoms with E-state index < -0.39 is 5.60 Å². The minimum atomic E-state index is -0.538. The molecule has 1 aromatic rings. The first-order valence-electron chi connectivity index (χ1n) is 6.63. The molecule has 19 heavy (non-hydrogen) atoms. The Kier molecular flexibility index (Phi) is 4.46. The van der Waals surface area contributed by atoms with Gasteiger partial charge in [-0.3, -0.25) is 4.90 Å². The van der Waals surface area contributed by atoms with Gasteiger partial charge in [-0.15, -0.1) is 0 Å². The number of hydrogen-bond donors (Lipinski definition) is 1. The van der Waals surface area contributed by atoms with E-state index >= 15 is 0 Å². The van der Waals surface area contributed by atoms with Crippen molar-refractivity contribution in [1.82, 2.24) is 4.90 Å². The van der Waals surface area contributed by atoms with Crippen molar-refractivity contribution < 1.29 is 5.11 Å². The van der Waals surface area contributed by atoms with Gasteiger partial charge < -0.3 is 5.11 Å². The number of aliphatic hydroxyl groups is 1. The van der Waals surface area contributed by atoms with Gasteiger partial charge in [0.05, 0.1) is 17.2 Å². The van der Waals surface area contributed by atoms with Crippen LogP contribution in [0.4, 0.5) is 0 Å². The van der Waals surface area contributed by atoms with Gasteiger partial charge in [-0.1, -0.05) is 17.7 Å². The summed E-state index contributed by atoms with van der Waals surface area (Å²) in [5, 5.41) is 19.5. The molecule has 0 bridgehead atoms. The monoisotopic (exact) mass is 278 g/mol. The Balaban J connectivity index is 2.03. The summed E-state index contributed by atoms with van der Waals surface area (Å²) >= 11 is 6.20. The molecule has 0 amide bonds. The average Bonchev–Trinajstić information content (AvgIpc) is 2.53. The summed E-state index contributed by atoms with van der Waals surface area (Å²) in [7, 11) is 0. The van der Waals surface area contributed by atoms with Gasteiger partial charge in [0, 0.05) is 18.1 Å². The van der Waals surface area contributed by atoms with Crippen molar-refractivity contribution in [2.24, 2.45) is 0 Å². The Labute approximate surface area is 119 Å². The first-order chi connectivity index (χ1) is 9.00. The molecule has 1 aromatic carbocycles. The van der Waals surface area contributed by atoms with E-state index in [1.807, 2.05) is 13.0 Å². The fraction of sp³-hybridized carbons (Fsp3) is 0.533. The number of nitrogens with zero attached hydrogens (tertiary/aromatic N) is 2. The molecule has 4 heteroatoms. The fourth-order valence-electron chi connectivity index (χ4n) is 2.46. The predicted octanol–water partition coefficient (Wildman–Crippen LogP) is 2.95. The van der Waals surface area contributed by atoms with E-state index in [4.69, 9.17) is 16.9 Å². The lowest BCUT2D eigenvalue weighted by atomic mass is 9.98. The Hall–Kier alpha value is -1.08. The Bertz CT molecular complexity index is 493. The van der Waals surface area contributed by atoms with Crippen molar-refractivity contribution >= 4 is 11.6 Å². The van der Waals surface area contributed by atoms with E-state index in [2.05, 4.69) is 11.0 Å². The number of nitriles is 1. The van der Waals surface area contributed by atoms with Crippen LogP contribution in [0.1, 0.15) is 37.3 Å². The summed E-state index contributed by atoms with van der Waals surface area (Å²) in [5.41, 5.74) is 1.10. The van der Waals surface area contributed by atoms with Crippen molar-refractivity contribution in [1.29, 1.82) is 5.26 Å². The number of hydrogen-bond acceptors (Lipinski definition) is 3. The lowest BCUT2D eigenvalue weighted by Crippen LogP contribution is -2.28. The van der Waals surface area contributed by atoms with Gasteiger partial charge in [0.2, 0.25) is 0 Å². The summed E-state index contributed by atoms with van der Waals surface area (Å²) < 4.78 is 0. The van der Waals surface area contributed by atoms with Gasteiger partial charge in [-0.2, -0.15) is 5.26 Å². The van der Waals surface area contributed by atoms with Gasteiger partial charge in [-0.25, -0.2) is 0 Å². The molecule has 0 aromatic heterocycles. The lowest BCUT2D eigenvalue weighted by Gasteiger charge is -2.22. The van der Waals surface area contributed by atoms with Crippen LogP contribution in [0.25, 0.3) is 0 Å². The molecule has 1 aliphatic heterocycles. The van der Waals surface area contributed by atoms with E-state index in [0.29, 0.717) is 10.6 Å². The molecular weight excluding hydrogens is 260 g/mol. The third kappa shape index (κ3) is 3.94. The highest BCUT2D eigenvalue weighted by atomic mass is 35.5. The van der Waals surface area contributed by atoms with Gasteiger partial charge in [-0.05, 0) is 50.4 Å². The van der Waals surface area contributed by atoms with Crippen LogP contribution < -0.4 is 0 Å². The summed E-state index contributed by atoms with van der Waals surface area (Å²) in [4.78, 5) is 2.31. The first kappa shape index (κ1) is 14.3. The molecule has 1 atom stereocenters. The van der Waals surface area contributed by atoms with Crippen LogP contribution in [0.15, 0.2) is 18.2 Å². The zero-order valence-electron chi connectivity index (χ0n) is 11.2. The third-order valence-corrected chi connectivity index (χ3v) is 4.08. The van der Waals surface area contributed by atoms with E-state index in [9.17, 15) is 5.11 Å². The molecule has 0 radical (unpaired) electrons. The van der Waals surface area contributed by atoms with E-state index in [0.717, 1.165) is 44.5 Å². The molecule has 1 unspecified atom stereocenters. The predicted molar refractivity (Wildman–Crippen MR) is 75.9 cm³/mol. The largest absolute Gasteiger partial charge is 0.390 e. The SMILES string of the molecule is CC1(O)CCCN(Cc2ccc(C#N)cc2Cl)CC1. The number of benzene rings is 1. The third-order valence-electron chi connectivity index (χ3n) is 3.73. The quantitative estimate of drug-likeness (QED) is 0.905. The Morgan fingerprint density at radius 2 is 2.21 bits per heavy atom. The van der Waals surface area contributed by atoms with Crippen LogP contribution in [-0.4, -0.2) is 28.7 Å². The molecule has 1 heterocycles. The molecule has 1 N–H and O–H groups in total. The molecule has 1 saturated heterocycles. The topological polar surface area (TPSA) is 47.3 Å². The minimum Gasteiger partial charge on any atom is -0.390 e. The molecule has 2 rings (SSSR count). The average molecular weight is 279 g/mol. The Morgan fingerprint density at radius 1 is 1.42 bits per heavy atom. The number of rotatable bonds is 2. The zero-order chi connectivity index (χ0) is 13.9. The van der Waals surface area contributed by atoms with Crippen LogP contribution in [0, 0.1) is 11.3 Å². The highest BCUT2D eigenvalue weighted by molar-refractivity contribution is 6.31. The van der Waals surface area contributed by atoms with E-state index in [1.54, 1.807) is 12.1 Å². The molecule has 0 saturated carbocycles. The maximum Gasteiger partial charge on any atom is 0.0992 e. The van der Waals surface area contributed by atoms with Crippen molar-refractivity contribution in [2.75, 3.05) is 13.1 Å². The minimum absolute atomic E-state index is 0.538. The standard InChI is InChI=1S/C15H19ClN2O/c1-15(19)5-2-7-18(8-6-15)11-13-4-3-12(10-17)9-14(13)16/h3-4,9,19H,2,5-8,11H2,1H3. The second-order valence-corrected chi connectivity index (χ2v) is 5.95. The molecular formula is C15H19ClN2O. The first-order valence-corrected chi connectivity index (χ1v) is 7.01. The highest BCUT2D eigenvalue weighted by Gasteiger charge is 2.25. The van der Waals surface area contributed by atoms with Crippen molar-refractivity contribution in [3.63, 3.8) is 0 Å². The van der Waals surface area contributed by atoms with Crippen LogP contribution in [0.2, 0.25) is 5.02 Å². The van der Waals surface area contributed by atoms with Crippen molar-refractivity contribution in [3.8, 4) is 6.07 Å². The van der Waals surface area contributed by atoms with Crippen LogP contribution >= 0.6 is 11.6 Å².